The van der Waals surface area contributed by atoms with Gasteiger partial charge in [-0.2, -0.15) is 5.10 Å². The van der Waals surface area contributed by atoms with Gasteiger partial charge in [0, 0.05) is 50.1 Å². The molecule has 5 aliphatic rings. The second kappa shape index (κ2) is 7.21. The van der Waals surface area contributed by atoms with Crippen LogP contribution in [-0.2, 0) is 23.2 Å². The van der Waals surface area contributed by atoms with Gasteiger partial charge in [0.2, 0.25) is 5.91 Å². The van der Waals surface area contributed by atoms with Crippen molar-refractivity contribution < 1.29 is 19.7 Å². The zero-order valence-electron chi connectivity index (χ0n) is 19.4. The van der Waals surface area contributed by atoms with Crippen LogP contribution in [0.2, 0.25) is 0 Å². The number of benzene rings is 1. The van der Waals surface area contributed by atoms with Crippen molar-refractivity contribution in [2.75, 3.05) is 26.2 Å². The van der Waals surface area contributed by atoms with E-state index in [0.717, 1.165) is 37.4 Å². The first kappa shape index (κ1) is 20.8. The lowest BCUT2D eigenvalue weighted by molar-refractivity contribution is -0.162. The number of aryl methyl sites for hydroxylation is 1. The van der Waals surface area contributed by atoms with Gasteiger partial charge in [-0.3, -0.25) is 14.4 Å². The maximum atomic E-state index is 13.3. The average molecular weight is 465 g/mol. The van der Waals surface area contributed by atoms with E-state index in [0.29, 0.717) is 38.2 Å². The lowest BCUT2D eigenvalue weighted by Gasteiger charge is -2.60. The number of aromatic nitrogens is 2. The molecule has 2 saturated heterocycles. The molecule has 3 aliphatic heterocycles. The van der Waals surface area contributed by atoms with E-state index in [1.54, 1.807) is 16.9 Å². The van der Waals surface area contributed by atoms with Crippen LogP contribution in [-0.4, -0.2) is 79.6 Å². The molecule has 4 heterocycles. The van der Waals surface area contributed by atoms with Crippen LogP contribution in [0.5, 0.6) is 11.5 Å². The van der Waals surface area contributed by atoms with E-state index in [-0.39, 0.29) is 23.8 Å². The molecule has 7 rings (SSSR count). The number of phenolic OH excluding ortho intramolecular Hbond substituents is 1. The van der Waals surface area contributed by atoms with Gasteiger partial charge in [0.15, 0.2) is 11.5 Å². The number of hydrogen-bond acceptors (Lipinski definition) is 6. The summed E-state index contributed by atoms with van der Waals surface area (Å²) in [5.74, 6) is 1.47. The number of ether oxygens (including phenoxy) is 1. The van der Waals surface area contributed by atoms with Gasteiger partial charge in [-0.25, -0.2) is 0 Å². The molecule has 180 valence electrons. The van der Waals surface area contributed by atoms with Crippen LogP contribution in [0.1, 0.15) is 43.2 Å². The zero-order valence-corrected chi connectivity index (χ0v) is 19.4. The van der Waals surface area contributed by atoms with Crippen LogP contribution in [0.4, 0.5) is 0 Å². The Morgan fingerprint density at radius 1 is 1.24 bits per heavy atom. The molecule has 34 heavy (non-hydrogen) atoms. The number of nitrogens with zero attached hydrogens (tertiary/aromatic N) is 4. The van der Waals surface area contributed by atoms with Crippen molar-refractivity contribution in [1.29, 1.82) is 0 Å². The van der Waals surface area contributed by atoms with Crippen LogP contribution in [0.15, 0.2) is 30.6 Å². The van der Waals surface area contributed by atoms with Gasteiger partial charge < -0.3 is 19.8 Å². The van der Waals surface area contributed by atoms with Gasteiger partial charge >= 0.3 is 0 Å². The van der Waals surface area contributed by atoms with E-state index in [1.165, 1.54) is 18.4 Å². The molecule has 1 aromatic carbocycles. The Hall–Kier alpha value is -2.58. The third-order valence-corrected chi connectivity index (χ3v) is 9.26. The van der Waals surface area contributed by atoms with Crippen molar-refractivity contribution in [2.45, 2.75) is 68.2 Å². The van der Waals surface area contributed by atoms with Crippen LogP contribution >= 0.6 is 0 Å². The molecule has 1 aromatic heterocycles. The Morgan fingerprint density at radius 3 is 2.91 bits per heavy atom. The minimum atomic E-state index is -0.992. The summed E-state index contributed by atoms with van der Waals surface area (Å²) >= 11 is 0. The molecule has 4 atom stereocenters. The highest BCUT2D eigenvalue weighted by molar-refractivity contribution is 5.76. The highest BCUT2D eigenvalue weighted by Gasteiger charge is 2.71. The molecule has 8 heteroatoms. The molecular formula is C26H32N4O4. The van der Waals surface area contributed by atoms with Crippen molar-refractivity contribution in [1.82, 2.24) is 19.6 Å². The lowest BCUT2D eigenvalue weighted by atomic mass is 9.52. The standard InChI is InChI=1S/C26H32N4O4/c31-19-5-4-18-14-20-26(33)8-13-29(22(32)6-11-30-10-1-9-27-30)16-21-25(26,23(18)24(19)34-21)7-12-28(20)15-17-2-3-17/h1,4-5,9-10,17,20-21,31,33H,2-3,6-8,11-16H2/t20-,21+,25-,26-/m1/s1. The first-order valence-electron chi connectivity index (χ1n) is 12.7. The predicted molar refractivity (Wildman–Crippen MR) is 124 cm³/mol. The fraction of sp³-hybridized carbons (Fsp3) is 0.615. The summed E-state index contributed by atoms with van der Waals surface area (Å²) in [6.07, 6.45) is 8.23. The first-order chi connectivity index (χ1) is 16.5. The maximum Gasteiger partial charge on any atom is 0.224 e. The van der Waals surface area contributed by atoms with E-state index in [2.05, 4.69) is 10.00 Å². The molecule has 1 spiro atoms. The molecule has 0 unspecified atom stereocenters. The molecule has 3 fully saturated rings. The topological polar surface area (TPSA) is 91.1 Å². The van der Waals surface area contributed by atoms with E-state index in [9.17, 15) is 15.0 Å². The number of carbonyl (C=O) groups excluding carboxylic acids is 1. The van der Waals surface area contributed by atoms with Crippen molar-refractivity contribution in [3.63, 3.8) is 0 Å². The minimum Gasteiger partial charge on any atom is -0.504 e. The van der Waals surface area contributed by atoms with Crippen LogP contribution in [0.3, 0.4) is 0 Å². The summed E-state index contributed by atoms with van der Waals surface area (Å²) in [5, 5.41) is 27.5. The summed E-state index contributed by atoms with van der Waals surface area (Å²) in [6.45, 7) is 3.45. The van der Waals surface area contributed by atoms with Gasteiger partial charge in [0.05, 0.1) is 17.6 Å². The van der Waals surface area contributed by atoms with Crippen molar-refractivity contribution in [3.8, 4) is 11.5 Å². The fourth-order valence-electron chi connectivity index (χ4n) is 7.43. The fourth-order valence-corrected chi connectivity index (χ4v) is 7.43. The Kier molecular flexibility index (Phi) is 4.40. The molecule has 1 amide bonds. The smallest absolute Gasteiger partial charge is 0.224 e. The number of aliphatic hydroxyl groups is 1. The SMILES string of the molecule is O=C(CCn1cccn1)N1CC[C@@]2(O)[C@H]3Cc4ccc(O)c5c4[C@@]2(CCN3CC2CC2)[C@H](C1)O5. The number of phenols is 1. The van der Waals surface area contributed by atoms with Crippen LogP contribution < -0.4 is 4.74 Å². The Balaban J connectivity index is 1.26. The molecule has 2 aromatic rings. The Bertz CT molecular complexity index is 1130. The predicted octanol–water partition coefficient (Wildman–Crippen LogP) is 1.68. The Morgan fingerprint density at radius 2 is 2.12 bits per heavy atom. The summed E-state index contributed by atoms with van der Waals surface area (Å²) in [5.41, 5.74) is 0.613. The number of carbonyl (C=O) groups is 1. The second-order valence-corrected chi connectivity index (χ2v) is 11.0. The van der Waals surface area contributed by atoms with Gasteiger partial charge in [0.25, 0.3) is 0 Å². The highest BCUT2D eigenvalue weighted by Crippen LogP contribution is 2.63. The number of piperidine rings is 1. The third-order valence-electron chi connectivity index (χ3n) is 9.26. The van der Waals surface area contributed by atoms with Gasteiger partial charge in [-0.15, -0.1) is 0 Å². The summed E-state index contributed by atoms with van der Waals surface area (Å²) in [6, 6.07) is 5.62. The maximum absolute atomic E-state index is 13.3. The summed E-state index contributed by atoms with van der Waals surface area (Å²) < 4.78 is 8.25. The summed E-state index contributed by atoms with van der Waals surface area (Å²) in [4.78, 5) is 17.7. The second-order valence-electron chi connectivity index (χ2n) is 11.0. The number of aromatic hydroxyl groups is 1. The average Bonchev–Trinajstić information content (AvgIpc) is 3.39. The van der Waals surface area contributed by atoms with Crippen molar-refractivity contribution >= 4 is 5.91 Å². The van der Waals surface area contributed by atoms with Gasteiger partial charge in [-0.05, 0) is 62.3 Å². The van der Waals surface area contributed by atoms with Gasteiger partial charge in [0.1, 0.15) is 6.10 Å². The third kappa shape index (κ3) is 2.78. The van der Waals surface area contributed by atoms with Gasteiger partial charge in [-0.1, -0.05) is 6.07 Å². The molecule has 2 N–H and O–H groups in total. The number of rotatable bonds is 5. The first-order valence-corrected chi connectivity index (χ1v) is 12.7. The molecule has 2 aliphatic carbocycles. The van der Waals surface area contributed by atoms with Crippen LogP contribution in [0, 0.1) is 5.92 Å². The number of amides is 1. The van der Waals surface area contributed by atoms with E-state index >= 15 is 0 Å². The lowest BCUT2D eigenvalue weighted by Crippen LogP contribution is -2.74. The number of hydrogen-bond donors (Lipinski definition) is 2. The van der Waals surface area contributed by atoms with Crippen molar-refractivity contribution in [3.05, 3.63) is 41.7 Å². The normalized spacial score (nSPS) is 33.9. The van der Waals surface area contributed by atoms with E-state index in [4.69, 9.17) is 4.74 Å². The molecule has 1 saturated carbocycles. The molecule has 0 radical (unpaired) electrons. The molecular weight excluding hydrogens is 432 g/mol. The molecule has 2 bridgehead atoms. The zero-order chi connectivity index (χ0) is 23.1. The minimum absolute atomic E-state index is 0.00932. The monoisotopic (exact) mass is 464 g/mol. The largest absolute Gasteiger partial charge is 0.504 e. The highest BCUT2D eigenvalue weighted by atomic mass is 16.5. The van der Waals surface area contributed by atoms with Crippen molar-refractivity contribution in [2.24, 2.45) is 5.92 Å². The van der Waals surface area contributed by atoms with E-state index < -0.39 is 11.0 Å². The number of likely N-dealkylation sites (tertiary alicyclic amines) is 2. The summed E-state index contributed by atoms with van der Waals surface area (Å²) in [7, 11) is 0. The quantitative estimate of drug-likeness (QED) is 0.700. The van der Waals surface area contributed by atoms with E-state index in [1.807, 2.05) is 23.2 Å². The van der Waals surface area contributed by atoms with Crippen LogP contribution in [0.25, 0.3) is 0 Å². The molecule has 8 nitrogen and oxygen atoms in total. The Labute approximate surface area is 199 Å².